The summed E-state index contributed by atoms with van der Waals surface area (Å²) >= 11 is 0. The minimum Gasteiger partial charge on any atom is -0.357 e. The van der Waals surface area contributed by atoms with E-state index in [1.165, 1.54) is 19.3 Å². The molecule has 3 N–H and O–H groups in total. The van der Waals surface area contributed by atoms with Gasteiger partial charge in [-0.05, 0) is 26.2 Å². The van der Waals surface area contributed by atoms with Gasteiger partial charge < -0.3 is 20.9 Å². The number of likely N-dealkylation sites (tertiary alicyclic amines) is 1. The van der Waals surface area contributed by atoms with Gasteiger partial charge in [0, 0.05) is 44.1 Å². The van der Waals surface area contributed by atoms with Gasteiger partial charge in [0.25, 0.3) is 0 Å². The van der Waals surface area contributed by atoms with E-state index < -0.39 is 0 Å². The highest BCUT2D eigenvalue weighted by Gasteiger charge is 2.31. The molecule has 0 aromatic carbocycles. The van der Waals surface area contributed by atoms with E-state index >= 15 is 0 Å². The Hall–Kier alpha value is -1.06. The van der Waals surface area contributed by atoms with Gasteiger partial charge in [0.05, 0.1) is 6.54 Å². The lowest BCUT2D eigenvalue weighted by atomic mass is 9.88. The number of hydrogen-bond donors (Lipinski definition) is 3. The van der Waals surface area contributed by atoms with Gasteiger partial charge in [-0.15, -0.1) is 24.0 Å². The van der Waals surface area contributed by atoms with Crippen LogP contribution in [0, 0.1) is 11.8 Å². The van der Waals surface area contributed by atoms with Crippen LogP contribution in [0.3, 0.4) is 0 Å². The van der Waals surface area contributed by atoms with Crippen molar-refractivity contribution >= 4 is 41.8 Å². The van der Waals surface area contributed by atoms with Gasteiger partial charge in [-0.25, -0.2) is 0 Å². The quantitative estimate of drug-likeness (QED) is 0.213. The summed E-state index contributed by atoms with van der Waals surface area (Å²) in [6.07, 6.45) is 6.72. The van der Waals surface area contributed by atoms with Crippen LogP contribution in [0.25, 0.3) is 0 Å². The summed E-state index contributed by atoms with van der Waals surface area (Å²) in [4.78, 5) is 30.9. The first-order valence-corrected chi connectivity index (χ1v) is 10.6. The third-order valence-corrected chi connectivity index (χ3v) is 5.34. The van der Waals surface area contributed by atoms with E-state index in [0.29, 0.717) is 19.0 Å². The van der Waals surface area contributed by atoms with Crippen LogP contribution >= 0.6 is 24.0 Å². The molecule has 2 amide bonds. The van der Waals surface area contributed by atoms with E-state index in [0.717, 1.165) is 44.9 Å². The summed E-state index contributed by atoms with van der Waals surface area (Å²) in [5, 5.41) is 9.58. The zero-order valence-corrected chi connectivity index (χ0v) is 20.0. The number of carbonyl (C=O) groups is 2. The molecule has 1 atom stereocenters. The topological polar surface area (TPSA) is 85.8 Å². The molecule has 0 spiro atoms. The van der Waals surface area contributed by atoms with E-state index in [-0.39, 0.29) is 47.8 Å². The van der Waals surface area contributed by atoms with Crippen LogP contribution in [0.5, 0.6) is 0 Å². The average Bonchev–Trinajstić information content (AvgIpc) is 3.13. The normalized spacial score (nSPS) is 20.6. The summed E-state index contributed by atoms with van der Waals surface area (Å²) in [5.41, 5.74) is 0. The Morgan fingerprint density at radius 1 is 1.11 bits per heavy atom. The van der Waals surface area contributed by atoms with Crippen molar-refractivity contribution in [2.75, 3.05) is 32.7 Å². The molecule has 8 heteroatoms. The summed E-state index contributed by atoms with van der Waals surface area (Å²) in [7, 11) is 0. The van der Waals surface area contributed by atoms with E-state index in [1.54, 1.807) is 0 Å². The fourth-order valence-corrected chi connectivity index (χ4v) is 3.75. The lowest BCUT2D eigenvalue weighted by molar-refractivity contribution is -0.135. The van der Waals surface area contributed by atoms with Gasteiger partial charge in [-0.3, -0.25) is 14.6 Å². The van der Waals surface area contributed by atoms with Crippen molar-refractivity contribution in [2.45, 2.75) is 65.3 Å². The molecular weight excluding hydrogens is 469 g/mol. The molecule has 162 valence electrons. The van der Waals surface area contributed by atoms with Crippen molar-refractivity contribution in [1.29, 1.82) is 0 Å². The second-order valence-electron chi connectivity index (χ2n) is 7.96. The third kappa shape index (κ3) is 8.13. The van der Waals surface area contributed by atoms with E-state index in [1.807, 2.05) is 25.7 Å². The Kier molecular flexibility index (Phi) is 11.8. The van der Waals surface area contributed by atoms with Crippen LogP contribution in [-0.4, -0.2) is 61.4 Å². The monoisotopic (exact) mass is 507 g/mol. The molecule has 1 heterocycles. The summed E-state index contributed by atoms with van der Waals surface area (Å²) in [6.45, 7) is 9.22. The maximum atomic E-state index is 12.7. The van der Waals surface area contributed by atoms with Crippen molar-refractivity contribution in [1.82, 2.24) is 20.9 Å². The van der Waals surface area contributed by atoms with E-state index in [9.17, 15) is 9.59 Å². The third-order valence-electron chi connectivity index (χ3n) is 5.34. The molecule has 7 nitrogen and oxygen atoms in total. The lowest BCUT2D eigenvalue weighted by Gasteiger charge is -2.26. The number of amides is 2. The number of guanidine groups is 1. The molecule has 0 radical (unpaired) electrons. The standard InChI is InChI=1S/C20H37N5O2.HI/c1-4-21-20(23-12-11-22-18(26)15(2)3)24-17-10-13-25(14-17)19(27)16-8-6-5-7-9-16;/h15-17H,4-14H2,1-3H3,(H,22,26)(H2,21,23,24);1H. The van der Waals surface area contributed by atoms with Crippen LogP contribution in [0.1, 0.15) is 59.3 Å². The molecule has 28 heavy (non-hydrogen) atoms. The maximum absolute atomic E-state index is 12.7. The Morgan fingerprint density at radius 3 is 2.46 bits per heavy atom. The minimum absolute atomic E-state index is 0. The number of nitrogens with one attached hydrogen (secondary N) is 3. The first kappa shape index (κ1) is 25.0. The Labute approximate surface area is 186 Å². The van der Waals surface area contributed by atoms with Crippen LogP contribution in [0.2, 0.25) is 0 Å². The first-order chi connectivity index (χ1) is 13.0. The molecule has 2 aliphatic rings. The molecule has 1 saturated heterocycles. The highest BCUT2D eigenvalue weighted by atomic mass is 127. The number of hydrogen-bond acceptors (Lipinski definition) is 3. The van der Waals surface area contributed by atoms with Crippen molar-refractivity contribution < 1.29 is 9.59 Å². The van der Waals surface area contributed by atoms with Crippen LogP contribution < -0.4 is 16.0 Å². The fraction of sp³-hybridized carbons (Fsp3) is 0.850. The smallest absolute Gasteiger partial charge is 0.225 e. The van der Waals surface area contributed by atoms with E-state index in [2.05, 4.69) is 20.9 Å². The molecule has 1 saturated carbocycles. The molecule has 0 aromatic heterocycles. The Morgan fingerprint density at radius 2 is 1.82 bits per heavy atom. The zero-order chi connectivity index (χ0) is 19.6. The number of rotatable bonds is 7. The summed E-state index contributed by atoms with van der Waals surface area (Å²) in [6, 6.07) is 0.237. The minimum atomic E-state index is -0.00786. The van der Waals surface area contributed by atoms with E-state index in [4.69, 9.17) is 0 Å². The fourth-order valence-electron chi connectivity index (χ4n) is 3.75. The molecule has 2 rings (SSSR count). The van der Waals surface area contributed by atoms with Gasteiger partial charge in [-0.2, -0.15) is 0 Å². The van der Waals surface area contributed by atoms with Crippen molar-refractivity contribution in [3.05, 3.63) is 0 Å². The molecule has 0 aromatic rings. The Bertz CT molecular complexity index is 521. The van der Waals surface area contributed by atoms with Crippen LogP contribution in [0.15, 0.2) is 4.99 Å². The molecule has 1 unspecified atom stereocenters. The largest absolute Gasteiger partial charge is 0.357 e. The SMILES string of the molecule is CCNC(=NCCNC(=O)C(C)C)NC1CCN(C(=O)C2CCCCC2)C1.I. The predicted octanol–water partition coefficient (Wildman–Crippen LogP) is 2.11. The van der Waals surface area contributed by atoms with Crippen LogP contribution in [-0.2, 0) is 9.59 Å². The summed E-state index contributed by atoms with van der Waals surface area (Å²) in [5.74, 6) is 1.39. The van der Waals surface area contributed by atoms with Crippen molar-refractivity contribution in [3.8, 4) is 0 Å². The second kappa shape index (κ2) is 13.2. The van der Waals surface area contributed by atoms with Gasteiger partial charge in [-0.1, -0.05) is 33.1 Å². The molecule has 0 bridgehead atoms. The molecular formula is C20H38IN5O2. The molecule has 2 fully saturated rings. The van der Waals surface area contributed by atoms with Crippen LogP contribution in [0.4, 0.5) is 0 Å². The highest BCUT2D eigenvalue weighted by Crippen LogP contribution is 2.26. The van der Waals surface area contributed by atoms with Crippen molar-refractivity contribution in [3.63, 3.8) is 0 Å². The molecule has 1 aliphatic heterocycles. The van der Waals surface area contributed by atoms with Gasteiger partial charge in [0.15, 0.2) is 5.96 Å². The van der Waals surface area contributed by atoms with Gasteiger partial charge >= 0.3 is 0 Å². The summed E-state index contributed by atoms with van der Waals surface area (Å²) < 4.78 is 0. The zero-order valence-electron chi connectivity index (χ0n) is 17.6. The first-order valence-electron chi connectivity index (χ1n) is 10.6. The lowest BCUT2D eigenvalue weighted by Crippen LogP contribution is -2.46. The average molecular weight is 507 g/mol. The highest BCUT2D eigenvalue weighted by molar-refractivity contribution is 14.0. The maximum Gasteiger partial charge on any atom is 0.225 e. The number of carbonyl (C=O) groups excluding carboxylic acids is 2. The number of nitrogens with zero attached hydrogens (tertiary/aromatic N) is 2. The second-order valence-corrected chi connectivity index (χ2v) is 7.96. The Balaban J connectivity index is 0.00000392. The number of halogens is 1. The van der Waals surface area contributed by atoms with Crippen molar-refractivity contribution in [2.24, 2.45) is 16.8 Å². The number of aliphatic imine (C=N–C) groups is 1. The van der Waals surface area contributed by atoms with Gasteiger partial charge in [0.1, 0.15) is 0 Å². The van der Waals surface area contributed by atoms with Gasteiger partial charge in [0.2, 0.25) is 11.8 Å². The predicted molar refractivity (Wildman–Crippen MR) is 124 cm³/mol. The molecule has 1 aliphatic carbocycles.